The van der Waals surface area contributed by atoms with Gasteiger partial charge in [-0.1, -0.05) is 41.4 Å². The lowest BCUT2D eigenvalue weighted by Crippen LogP contribution is -2.32. The van der Waals surface area contributed by atoms with Crippen molar-refractivity contribution in [1.29, 1.82) is 0 Å². The van der Waals surface area contributed by atoms with Gasteiger partial charge in [-0.2, -0.15) is 5.10 Å². The summed E-state index contributed by atoms with van der Waals surface area (Å²) < 4.78 is 0. The maximum absolute atomic E-state index is 11.9. The highest BCUT2D eigenvalue weighted by Gasteiger charge is 2.14. The van der Waals surface area contributed by atoms with E-state index >= 15 is 0 Å². The Bertz CT molecular complexity index is 819. The number of nitrogens with one attached hydrogen (secondary N) is 2. The smallest absolute Gasteiger partial charge is 0.317 e. The van der Waals surface area contributed by atoms with Crippen LogP contribution in [0, 0.1) is 13.8 Å². The number of rotatable bonds is 3. The van der Waals surface area contributed by atoms with Gasteiger partial charge in [0, 0.05) is 16.3 Å². The molecular weight excluding hydrogens is 349 g/mol. The third-order valence-corrected chi connectivity index (χ3v) is 3.95. The van der Waals surface area contributed by atoms with Crippen LogP contribution < -0.4 is 10.7 Å². The first-order valence-corrected chi connectivity index (χ1v) is 7.79. The number of carbonyl (C=O) groups excluding carboxylic acids is 2. The third kappa shape index (κ3) is 4.57. The average Bonchev–Trinajstić information content (AvgIpc) is 2.53. The molecule has 0 aliphatic rings. The van der Waals surface area contributed by atoms with Crippen LogP contribution in [0.5, 0.6) is 0 Å². The molecule has 0 aromatic heterocycles. The summed E-state index contributed by atoms with van der Waals surface area (Å²) in [6.07, 6.45) is 1.34. The molecule has 0 radical (unpaired) electrons. The summed E-state index contributed by atoms with van der Waals surface area (Å²) in [5.74, 6) is -1.68. The maximum Gasteiger partial charge on any atom is 0.329 e. The predicted octanol–water partition coefficient (Wildman–Crippen LogP) is 3.70. The van der Waals surface area contributed by atoms with Crippen molar-refractivity contribution in [2.24, 2.45) is 5.10 Å². The number of carbonyl (C=O) groups is 2. The van der Waals surface area contributed by atoms with Crippen molar-refractivity contribution in [3.8, 4) is 0 Å². The minimum Gasteiger partial charge on any atom is -0.317 e. The van der Waals surface area contributed by atoms with Crippen LogP contribution in [0.1, 0.15) is 16.7 Å². The van der Waals surface area contributed by atoms with Crippen molar-refractivity contribution >= 4 is 46.9 Å². The zero-order chi connectivity index (χ0) is 17.7. The summed E-state index contributed by atoms with van der Waals surface area (Å²) in [7, 11) is 0. The third-order valence-electron chi connectivity index (χ3n) is 3.39. The van der Waals surface area contributed by atoms with Crippen molar-refractivity contribution in [3.63, 3.8) is 0 Å². The monoisotopic (exact) mass is 363 g/mol. The zero-order valence-electron chi connectivity index (χ0n) is 13.1. The molecule has 0 aliphatic carbocycles. The Labute approximate surface area is 149 Å². The first-order valence-electron chi connectivity index (χ1n) is 7.04. The van der Waals surface area contributed by atoms with Crippen LogP contribution in [-0.2, 0) is 9.59 Å². The number of aryl methyl sites for hydroxylation is 1. The molecule has 2 N–H and O–H groups in total. The van der Waals surface area contributed by atoms with E-state index in [1.807, 2.05) is 19.9 Å². The number of anilines is 1. The largest absolute Gasteiger partial charge is 0.329 e. The summed E-state index contributed by atoms with van der Waals surface area (Å²) in [6.45, 7) is 3.79. The van der Waals surface area contributed by atoms with Crippen molar-refractivity contribution < 1.29 is 9.59 Å². The topological polar surface area (TPSA) is 70.6 Å². The Hall–Kier alpha value is -2.37. The van der Waals surface area contributed by atoms with E-state index in [0.29, 0.717) is 21.3 Å². The van der Waals surface area contributed by atoms with Gasteiger partial charge in [0.25, 0.3) is 0 Å². The molecule has 0 saturated carbocycles. The van der Waals surface area contributed by atoms with E-state index in [1.165, 1.54) is 6.21 Å². The number of amides is 2. The molecule has 2 aromatic carbocycles. The fraction of sp³-hybridized carbons (Fsp3) is 0.118. The molecule has 2 aromatic rings. The second kappa shape index (κ2) is 7.95. The van der Waals surface area contributed by atoms with E-state index in [4.69, 9.17) is 23.2 Å². The minimum absolute atomic E-state index is 0.389. The highest BCUT2D eigenvalue weighted by Crippen LogP contribution is 2.19. The Morgan fingerprint density at radius 3 is 2.54 bits per heavy atom. The maximum atomic E-state index is 11.9. The Morgan fingerprint density at radius 1 is 1.08 bits per heavy atom. The summed E-state index contributed by atoms with van der Waals surface area (Å²) in [6, 6.07) is 10.3. The molecule has 0 bridgehead atoms. The van der Waals surface area contributed by atoms with Gasteiger partial charge in [0.15, 0.2) is 0 Å². The molecule has 0 fully saturated rings. The highest BCUT2D eigenvalue weighted by molar-refractivity contribution is 6.39. The fourth-order valence-corrected chi connectivity index (χ4v) is 2.34. The van der Waals surface area contributed by atoms with Crippen molar-refractivity contribution in [2.45, 2.75) is 13.8 Å². The molecule has 0 atom stereocenters. The molecule has 0 saturated heterocycles. The molecule has 0 aliphatic heterocycles. The number of hydrogen-bond donors (Lipinski definition) is 2. The summed E-state index contributed by atoms with van der Waals surface area (Å²) in [5, 5.41) is 7.16. The van der Waals surface area contributed by atoms with Crippen molar-refractivity contribution in [2.75, 3.05) is 5.32 Å². The lowest BCUT2D eigenvalue weighted by Gasteiger charge is -2.09. The number of benzene rings is 2. The van der Waals surface area contributed by atoms with E-state index in [-0.39, 0.29) is 0 Å². The van der Waals surface area contributed by atoms with Gasteiger partial charge in [0.1, 0.15) is 0 Å². The molecule has 5 nitrogen and oxygen atoms in total. The molecule has 124 valence electrons. The van der Waals surface area contributed by atoms with Crippen LogP contribution >= 0.6 is 23.2 Å². The normalized spacial score (nSPS) is 10.7. The molecule has 2 amide bonds. The van der Waals surface area contributed by atoms with Crippen molar-refractivity contribution in [1.82, 2.24) is 5.43 Å². The SMILES string of the molecule is Cc1cccc(NC(=O)C(=O)N/N=C\c2ccc(Cl)cc2Cl)c1C. The molecule has 0 heterocycles. The predicted molar refractivity (Wildman–Crippen MR) is 96.7 cm³/mol. The number of hydrogen-bond acceptors (Lipinski definition) is 3. The van der Waals surface area contributed by atoms with Crippen LogP contribution in [0.25, 0.3) is 0 Å². The number of hydrazone groups is 1. The standard InChI is InChI=1S/C17H15Cl2N3O2/c1-10-4-3-5-15(11(10)2)21-16(23)17(24)22-20-9-12-6-7-13(18)8-14(12)19/h3-9H,1-2H3,(H,21,23)(H,22,24)/b20-9-. The van der Waals surface area contributed by atoms with Gasteiger partial charge in [0.05, 0.1) is 11.2 Å². The second-order valence-corrected chi connectivity index (χ2v) is 5.91. The molecule has 24 heavy (non-hydrogen) atoms. The van der Waals surface area contributed by atoms with E-state index in [9.17, 15) is 9.59 Å². The second-order valence-electron chi connectivity index (χ2n) is 5.07. The van der Waals surface area contributed by atoms with Gasteiger partial charge < -0.3 is 5.32 Å². The van der Waals surface area contributed by atoms with E-state index in [2.05, 4.69) is 15.8 Å². The average molecular weight is 364 g/mol. The quantitative estimate of drug-likeness (QED) is 0.495. The molecular formula is C17H15Cl2N3O2. The lowest BCUT2D eigenvalue weighted by molar-refractivity contribution is -0.136. The molecule has 0 unspecified atom stereocenters. The van der Waals surface area contributed by atoms with Gasteiger partial charge in [-0.25, -0.2) is 5.43 Å². The van der Waals surface area contributed by atoms with Crippen LogP contribution in [-0.4, -0.2) is 18.0 Å². The van der Waals surface area contributed by atoms with Crippen molar-refractivity contribution in [3.05, 3.63) is 63.1 Å². The van der Waals surface area contributed by atoms with E-state index in [1.54, 1.807) is 30.3 Å². The Balaban J connectivity index is 1.98. The summed E-state index contributed by atoms with van der Waals surface area (Å²) in [4.78, 5) is 23.7. The van der Waals surface area contributed by atoms with Gasteiger partial charge >= 0.3 is 11.8 Å². The number of nitrogens with zero attached hydrogens (tertiary/aromatic N) is 1. The van der Waals surface area contributed by atoms with Crippen LogP contribution in [0.15, 0.2) is 41.5 Å². The zero-order valence-corrected chi connectivity index (χ0v) is 14.6. The number of halogens is 2. The summed E-state index contributed by atoms with van der Waals surface area (Å²) >= 11 is 11.8. The summed E-state index contributed by atoms with van der Waals surface area (Å²) in [5.41, 5.74) is 5.22. The lowest BCUT2D eigenvalue weighted by atomic mass is 10.1. The van der Waals surface area contributed by atoms with Gasteiger partial charge in [0.2, 0.25) is 0 Å². The highest BCUT2D eigenvalue weighted by atomic mass is 35.5. The molecule has 2 rings (SSSR count). The Kier molecular flexibility index (Phi) is 5.95. The van der Waals surface area contributed by atoms with E-state index in [0.717, 1.165) is 11.1 Å². The Morgan fingerprint density at radius 2 is 1.83 bits per heavy atom. The minimum atomic E-state index is -0.878. The first-order chi connectivity index (χ1) is 11.4. The molecule has 0 spiro atoms. The van der Waals surface area contributed by atoms with Crippen LogP contribution in [0.4, 0.5) is 5.69 Å². The van der Waals surface area contributed by atoms with Crippen LogP contribution in [0.3, 0.4) is 0 Å². The first kappa shape index (κ1) is 18.0. The van der Waals surface area contributed by atoms with Gasteiger partial charge in [-0.05, 0) is 43.2 Å². The molecule has 7 heteroatoms. The van der Waals surface area contributed by atoms with Crippen LogP contribution in [0.2, 0.25) is 10.0 Å². The fourth-order valence-electron chi connectivity index (χ4n) is 1.88. The van der Waals surface area contributed by atoms with Gasteiger partial charge in [-0.3, -0.25) is 9.59 Å². The van der Waals surface area contributed by atoms with E-state index < -0.39 is 11.8 Å². The van der Waals surface area contributed by atoms with Gasteiger partial charge in [-0.15, -0.1) is 0 Å².